The lowest BCUT2D eigenvalue weighted by atomic mass is 10.0. The van der Waals surface area contributed by atoms with E-state index in [0.717, 1.165) is 0 Å². The van der Waals surface area contributed by atoms with Crippen molar-refractivity contribution in [2.24, 2.45) is 5.73 Å². The number of carbonyl (C=O) groups is 1. The zero-order valence-corrected chi connectivity index (χ0v) is 10.1. The second-order valence-corrected chi connectivity index (χ2v) is 4.96. The van der Waals surface area contributed by atoms with E-state index < -0.39 is 11.6 Å². The molecule has 0 radical (unpaired) electrons. The minimum Gasteiger partial charge on any atom is -0.465 e. The van der Waals surface area contributed by atoms with E-state index in [1.807, 2.05) is 17.5 Å². The molecular formula is C11H17NO3S. The molecule has 1 unspecified atom stereocenters. The van der Waals surface area contributed by atoms with Crippen LogP contribution in [0.3, 0.4) is 0 Å². The van der Waals surface area contributed by atoms with Crippen LogP contribution in [-0.4, -0.2) is 29.8 Å². The predicted octanol–water partition coefficient (Wildman–Crippen LogP) is 0.934. The number of hydrogen-bond acceptors (Lipinski definition) is 5. The van der Waals surface area contributed by atoms with Crippen molar-refractivity contribution in [3.63, 3.8) is 0 Å². The maximum absolute atomic E-state index is 11.3. The SMILES string of the molecule is CC(O)(CN)CC(=O)OCCc1cccs1. The molecule has 1 rings (SSSR count). The van der Waals surface area contributed by atoms with Crippen LogP contribution in [0.25, 0.3) is 0 Å². The fourth-order valence-corrected chi connectivity index (χ4v) is 1.84. The summed E-state index contributed by atoms with van der Waals surface area (Å²) in [6.07, 6.45) is 0.655. The Balaban J connectivity index is 2.20. The van der Waals surface area contributed by atoms with Crippen LogP contribution < -0.4 is 5.73 Å². The lowest BCUT2D eigenvalue weighted by Gasteiger charge is -2.19. The molecule has 0 saturated carbocycles. The minimum absolute atomic E-state index is 0.0486. The van der Waals surface area contributed by atoms with Crippen molar-refractivity contribution < 1.29 is 14.6 Å². The number of thiophene rings is 1. The van der Waals surface area contributed by atoms with Gasteiger partial charge in [0.05, 0.1) is 18.6 Å². The molecule has 1 aromatic heterocycles. The van der Waals surface area contributed by atoms with Crippen LogP contribution in [0.15, 0.2) is 17.5 Å². The Bertz CT molecular complexity index is 322. The molecule has 1 heterocycles. The summed E-state index contributed by atoms with van der Waals surface area (Å²) in [5, 5.41) is 11.5. The highest BCUT2D eigenvalue weighted by molar-refractivity contribution is 7.09. The van der Waals surface area contributed by atoms with E-state index in [9.17, 15) is 9.90 Å². The summed E-state index contributed by atoms with van der Waals surface area (Å²) in [7, 11) is 0. The molecule has 0 aromatic carbocycles. The van der Waals surface area contributed by atoms with Crippen LogP contribution in [0.1, 0.15) is 18.2 Å². The van der Waals surface area contributed by atoms with E-state index in [4.69, 9.17) is 10.5 Å². The third-order valence-corrected chi connectivity index (χ3v) is 3.09. The molecule has 4 nitrogen and oxygen atoms in total. The summed E-state index contributed by atoms with van der Waals surface area (Å²) >= 11 is 1.63. The monoisotopic (exact) mass is 243 g/mol. The van der Waals surface area contributed by atoms with Gasteiger partial charge in [0.1, 0.15) is 0 Å². The molecule has 16 heavy (non-hydrogen) atoms. The maximum atomic E-state index is 11.3. The Labute approximate surface area is 99.0 Å². The van der Waals surface area contributed by atoms with Crippen LogP contribution in [-0.2, 0) is 16.0 Å². The van der Waals surface area contributed by atoms with E-state index >= 15 is 0 Å². The highest BCUT2D eigenvalue weighted by Gasteiger charge is 2.23. The summed E-state index contributed by atoms with van der Waals surface area (Å²) in [6.45, 7) is 1.92. The van der Waals surface area contributed by atoms with Crippen molar-refractivity contribution in [1.82, 2.24) is 0 Å². The Hall–Kier alpha value is -0.910. The van der Waals surface area contributed by atoms with Gasteiger partial charge in [0.2, 0.25) is 0 Å². The summed E-state index contributed by atoms with van der Waals surface area (Å²) in [5.74, 6) is -0.410. The largest absolute Gasteiger partial charge is 0.465 e. The van der Waals surface area contributed by atoms with Crippen molar-refractivity contribution in [2.45, 2.75) is 25.4 Å². The average Bonchev–Trinajstić information content (AvgIpc) is 2.70. The number of ether oxygens (including phenoxy) is 1. The quantitative estimate of drug-likeness (QED) is 0.729. The second kappa shape index (κ2) is 5.98. The average molecular weight is 243 g/mol. The Morgan fingerprint density at radius 3 is 3.00 bits per heavy atom. The minimum atomic E-state index is -1.17. The fourth-order valence-electron chi connectivity index (χ4n) is 1.15. The summed E-state index contributed by atoms with van der Waals surface area (Å²) in [6, 6.07) is 3.95. The Kier molecular flexibility index (Phi) is 4.92. The summed E-state index contributed by atoms with van der Waals surface area (Å²) < 4.78 is 5.01. The number of nitrogens with two attached hydrogens (primary N) is 1. The molecular weight excluding hydrogens is 226 g/mol. The van der Waals surface area contributed by atoms with Crippen LogP contribution in [0, 0.1) is 0 Å². The molecule has 0 aliphatic heterocycles. The first-order valence-electron chi connectivity index (χ1n) is 5.14. The number of carbonyl (C=O) groups excluding carboxylic acids is 1. The highest BCUT2D eigenvalue weighted by Crippen LogP contribution is 2.11. The van der Waals surface area contributed by atoms with E-state index in [1.165, 1.54) is 11.8 Å². The normalized spacial score (nSPS) is 14.4. The van der Waals surface area contributed by atoms with Crippen molar-refractivity contribution in [3.8, 4) is 0 Å². The van der Waals surface area contributed by atoms with Gasteiger partial charge in [-0.25, -0.2) is 0 Å². The third-order valence-electron chi connectivity index (χ3n) is 2.16. The third kappa shape index (κ3) is 4.74. The Morgan fingerprint density at radius 2 is 2.44 bits per heavy atom. The molecule has 90 valence electrons. The van der Waals surface area contributed by atoms with Gasteiger partial charge in [-0.3, -0.25) is 4.79 Å². The van der Waals surface area contributed by atoms with Gasteiger partial charge in [0, 0.05) is 17.8 Å². The van der Waals surface area contributed by atoms with Crippen LogP contribution >= 0.6 is 11.3 Å². The molecule has 3 N–H and O–H groups in total. The first kappa shape index (κ1) is 13.2. The van der Waals surface area contributed by atoms with E-state index in [1.54, 1.807) is 11.3 Å². The molecule has 1 aromatic rings. The van der Waals surface area contributed by atoms with Gasteiger partial charge in [-0.15, -0.1) is 11.3 Å². The zero-order chi connectivity index (χ0) is 12.0. The number of rotatable bonds is 6. The first-order valence-corrected chi connectivity index (χ1v) is 6.02. The molecule has 0 aliphatic rings. The molecule has 0 saturated heterocycles. The van der Waals surface area contributed by atoms with E-state index in [2.05, 4.69) is 0 Å². The topological polar surface area (TPSA) is 72.5 Å². The summed E-state index contributed by atoms with van der Waals surface area (Å²) in [4.78, 5) is 12.5. The van der Waals surface area contributed by atoms with Crippen molar-refractivity contribution in [2.75, 3.05) is 13.2 Å². The Morgan fingerprint density at radius 1 is 1.69 bits per heavy atom. The zero-order valence-electron chi connectivity index (χ0n) is 9.31. The van der Waals surface area contributed by atoms with Crippen LogP contribution in [0.4, 0.5) is 0 Å². The molecule has 0 bridgehead atoms. The molecule has 5 heteroatoms. The van der Waals surface area contributed by atoms with Crippen LogP contribution in [0.2, 0.25) is 0 Å². The number of hydrogen-bond donors (Lipinski definition) is 2. The number of aliphatic hydroxyl groups is 1. The van der Waals surface area contributed by atoms with Crippen molar-refractivity contribution in [3.05, 3.63) is 22.4 Å². The van der Waals surface area contributed by atoms with Gasteiger partial charge in [-0.1, -0.05) is 6.07 Å². The van der Waals surface area contributed by atoms with Crippen LogP contribution in [0.5, 0.6) is 0 Å². The van der Waals surface area contributed by atoms with E-state index in [0.29, 0.717) is 13.0 Å². The fraction of sp³-hybridized carbons (Fsp3) is 0.545. The van der Waals surface area contributed by atoms with Gasteiger partial charge in [0.25, 0.3) is 0 Å². The van der Waals surface area contributed by atoms with Gasteiger partial charge in [-0.05, 0) is 18.4 Å². The second-order valence-electron chi connectivity index (χ2n) is 3.93. The number of esters is 1. The lowest BCUT2D eigenvalue weighted by molar-refractivity contribution is -0.148. The standard InChI is InChI=1S/C11H17NO3S/c1-11(14,8-12)7-10(13)15-5-4-9-3-2-6-16-9/h2-3,6,14H,4-5,7-8,12H2,1H3. The highest BCUT2D eigenvalue weighted by atomic mass is 32.1. The maximum Gasteiger partial charge on any atom is 0.308 e. The predicted molar refractivity (Wildman–Crippen MR) is 63.3 cm³/mol. The van der Waals surface area contributed by atoms with Gasteiger partial charge >= 0.3 is 5.97 Å². The molecule has 1 atom stereocenters. The molecule has 0 spiro atoms. The van der Waals surface area contributed by atoms with E-state index in [-0.39, 0.29) is 13.0 Å². The molecule has 0 fully saturated rings. The smallest absolute Gasteiger partial charge is 0.308 e. The molecule has 0 amide bonds. The summed E-state index contributed by atoms with van der Waals surface area (Å²) in [5.41, 5.74) is 4.14. The van der Waals surface area contributed by atoms with Gasteiger partial charge < -0.3 is 15.6 Å². The lowest BCUT2D eigenvalue weighted by Crippen LogP contribution is -2.37. The van der Waals surface area contributed by atoms with Crippen molar-refractivity contribution in [1.29, 1.82) is 0 Å². The molecule has 0 aliphatic carbocycles. The first-order chi connectivity index (χ1) is 7.53. The van der Waals surface area contributed by atoms with Gasteiger partial charge in [0.15, 0.2) is 0 Å². The van der Waals surface area contributed by atoms with Crippen molar-refractivity contribution >= 4 is 17.3 Å². The van der Waals surface area contributed by atoms with Gasteiger partial charge in [-0.2, -0.15) is 0 Å².